The van der Waals surface area contributed by atoms with Crippen LogP contribution in [0, 0.1) is 0 Å². The van der Waals surface area contributed by atoms with Crippen LogP contribution in [0.15, 0.2) is 29.3 Å². The molecule has 4 nitrogen and oxygen atoms in total. The Morgan fingerprint density at radius 1 is 1.46 bits per heavy atom. The number of esters is 1. The van der Waals surface area contributed by atoms with E-state index in [-0.39, 0.29) is 0 Å². The van der Waals surface area contributed by atoms with Crippen molar-refractivity contribution < 1.29 is 13.9 Å². The highest BCUT2D eigenvalue weighted by atomic mass is 16.5. The zero-order chi connectivity index (χ0) is 9.26. The van der Waals surface area contributed by atoms with E-state index in [0.717, 1.165) is 10.8 Å². The SMILES string of the molecule is COC(=O)c1cncc2cocc12. The molecule has 0 aromatic carbocycles. The number of fused-ring (bicyclic) bond motifs is 1. The van der Waals surface area contributed by atoms with E-state index in [4.69, 9.17) is 4.42 Å². The molecule has 0 spiro atoms. The van der Waals surface area contributed by atoms with Crippen molar-refractivity contribution >= 4 is 16.7 Å². The van der Waals surface area contributed by atoms with E-state index in [2.05, 4.69) is 9.72 Å². The zero-order valence-corrected chi connectivity index (χ0v) is 6.98. The van der Waals surface area contributed by atoms with Crippen LogP contribution in [0.5, 0.6) is 0 Å². The van der Waals surface area contributed by atoms with Crippen LogP contribution < -0.4 is 0 Å². The van der Waals surface area contributed by atoms with E-state index < -0.39 is 5.97 Å². The van der Waals surface area contributed by atoms with Crippen molar-refractivity contribution in [3.05, 3.63) is 30.5 Å². The van der Waals surface area contributed by atoms with Gasteiger partial charge in [-0.1, -0.05) is 0 Å². The van der Waals surface area contributed by atoms with Gasteiger partial charge in [0, 0.05) is 23.2 Å². The minimum Gasteiger partial charge on any atom is -0.471 e. The van der Waals surface area contributed by atoms with Crippen molar-refractivity contribution in [2.75, 3.05) is 7.11 Å². The Labute approximate surface area is 74.1 Å². The Morgan fingerprint density at radius 3 is 3.08 bits per heavy atom. The molecule has 2 aromatic heterocycles. The lowest BCUT2D eigenvalue weighted by molar-refractivity contribution is 0.0602. The second-order valence-corrected chi connectivity index (χ2v) is 2.55. The predicted molar refractivity (Wildman–Crippen MR) is 45.3 cm³/mol. The van der Waals surface area contributed by atoms with Gasteiger partial charge in [-0.05, 0) is 0 Å². The van der Waals surface area contributed by atoms with E-state index in [1.807, 2.05) is 0 Å². The molecule has 0 saturated carbocycles. The topological polar surface area (TPSA) is 52.3 Å². The average molecular weight is 177 g/mol. The Bertz CT molecular complexity index is 447. The van der Waals surface area contributed by atoms with Crippen molar-refractivity contribution in [3.63, 3.8) is 0 Å². The quantitative estimate of drug-likeness (QED) is 0.621. The molecule has 0 aliphatic heterocycles. The lowest BCUT2D eigenvalue weighted by atomic mass is 10.2. The van der Waals surface area contributed by atoms with Gasteiger partial charge >= 0.3 is 5.97 Å². The average Bonchev–Trinajstić information content (AvgIpc) is 2.63. The summed E-state index contributed by atoms with van der Waals surface area (Å²) in [5.41, 5.74) is 0.425. The molecule has 0 bridgehead atoms. The molecule has 0 amide bonds. The van der Waals surface area contributed by atoms with Gasteiger partial charge in [-0.3, -0.25) is 4.98 Å². The molecule has 4 heteroatoms. The van der Waals surface area contributed by atoms with Gasteiger partial charge in [-0.25, -0.2) is 4.79 Å². The van der Waals surface area contributed by atoms with Crippen molar-refractivity contribution in [1.29, 1.82) is 0 Å². The second-order valence-electron chi connectivity index (χ2n) is 2.55. The Morgan fingerprint density at radius 2 is 2.31 bits per heavy atom. The summed E-state index contributed by atoms with van der Waals surface area (Å²) in [6.07, 6.45) is 6.13. The molecular formula is C9H7NO3. The molecule has 2 rings (SSSR count). The van der Waals surface area contributed by atoms with Crippen LogP contribution in [-0.4, -0.2) is 18.1 Å². The summed E-state index contributed by atoms with van der Waals surface area (Å²) in [6, 6.07) is 0. The van der Waals surface area contributed by atoms with Gasteiger partial charge in [0.2, 0.25) is 0 Å². The number of pyridine rings is 1. The van der Waals surface area contributed by atoms with Gasteiger partial charge in [-0.15, -0.1) is 0 Å². The van der Waals surface area contributed by atoms with Crippen LogP contribution in [-0.2, 0) is 4.74 Å². The molecule has 0 aliphatic carbocycles. The van der Waals surface area contributed by atoms with Crippen LogP contribution >= 0.6 is 0 Å². The fraction of sp³-hybridized carbons (Fsp3) is 0.111. The van der Waals surface area contributed by atoms with Crippen molar-refractivity contribution in [1.82, 2.24) is 4.98 Å². The first-order chi connectivity index (χ1) is 6.33. The van der Waals surface area contributed by atoms with Crippen LogP contribution in [0.3, 0.4) is 0 Å². The molecular weight excluding hydrogens is 170 g/mol. The molecule has 13 heavy (non-hydrogen) atoms. The minimum atomic E-state index is -0.403. The predicted octanol–water partition coefficient (Wildman–Crippen LogP) is 1.61. The van der Waals surface area contributed by atoms with Gasteiger partial charge in [0.15, 0.2) is 0 Å². The van der Waals surface area contributed by atoms with Crippen LogP contribution in [0.2, 0.25) is 0 Å². The first-order valence-corrected chi connectivity index (χ1v) is 3.71. The fourth-order valence-corrected chi connectivity index (χ4v) is 1.16. The molecule has 0 saturated heterocycles. The van der Waals surface area contributed by atoms with Gasteiger partial charge in [-0.2, -0.15) is 0 Å². The number of methoxy groups -OCH3 is 1. The lowest BCUT2D eigenvalue weighted by Gasteiger charge is -1.98. The van der Waals surface area contributed by atoms with E-state index in [0.29, 0.717) is 5.56 Å². The molecule has 0 radical (unpaired) electrons. The maximum Gasteiger partial charge on any atom is 0.340 e. The molecule has 0 unspecified atom stereocenters. The molecule has 2 heterocycles. The highest BCUT2D eigenvalue weighted by molar-refractivity contribution is 6.03. The third-order valence-electron chi connectivity index (χ3n) is 1.80. The summed E-state index contributed by atoms with van der Waals surface area (Å²) in [6.45, 7) is 0. The number of hydrogen-bond donors (Lipinski definition) is 0. The number of nitrogens with zero attached hydrogens (tertiary/aromatic N) is 1. The molecule has 2 aromatic rings. The zero-order valence-electron chi connectivity index (χ0n) is 6.98. The van der Waals surface area contributed by atoms with E-state index >= 15 is 0 Å². The highest BCUT2D eigenvalue weighted by Crippen LogP contribution is 2.18. The Balaban J connectivity index is 2.67. The fourth-order valence-electron chi connectivity index (χ4n) is 1.16. The van der Waals surface area contributed by atoms with Crippen LogP contribution in [0.1, 0.15) is 10.4 Å². The third kappa shape index (κ3) is 1.16. The summed E-state index contributed by atoms with van der Waals surface area (Å²) in [5.74, 6) is -0.403. The van der Waals surface area contributed by atoms with Gasteiger partial charge in [0.05, 0.1) is 25.2 Å². The van der Waals surface area contributed by atoms with Crippen LogP contribution in [0.4, 0.5) is 0 Å². The van der Waals surface area contributed by atoms with E-state index in [1.165, 1.54) is 25.8 Å². The summed E-state index contributed by atoms with van der Waals surface area (Å²) >= 11 is 0. The second kappa shape index (κ2) is 2.90. The molecule has 0 fully saturated rings. The Kier molecular flexibility index (Phi) is 1.73. The monoisotopic (exact) mass is 177 g/mol. The van der Waals surface area contributed by atoms with Gasteiger partial charge < -0.3 is 9.15 Å². The van der Waals surface area contributed by atoms with Gasteiger partial charge in [0.1, 0.15) is 0 Å². The number of rotatable bonds is 1. The summed E-state index contributed by atoms with van der Waals surface area (Å²) in [7, 11) is 1.33. The number of furan rings is 1. The van der Waals surface area contributed by atoms with Crippen molar-refractivity contribution in [2.24, 2.45) is 0 Å². The van der Waals surface area contributed by atoms with Crippen molar-refractivity contribution in [3.8, 4) is 0 Å². The maximum absolute atomic E-state index is 11.2. The molecule has 66 valence electrons. The first kappa shape index (κ1) is 7.79. The highest BCUT2D eigenvalue weighted by Gasteiger charge is 2.11. The normalized spacial score (nSPS) is 10.2. The molecule has 0 atom stereocenters. The largest absolute Gasteiger partial charge is 0.471 e. The van der Waals surface area contributed by atoms with Gasteiger partial charge in [0.25, 0.3) is 0 Å². The minimum absolute atomic E-state index is 0.403. The number of hydrogen-bond acceptors (Lipinski definition) is 4. The summed E-state index contributed by atoms with van der Waals surface area (Å²) in [5, 5.41) is 1.52. The number of carbonyl (C=O) groups excluding carboxylic acids is 1. The van der Waals surface area contributed by atoms with Crippen molar-refractivity contribution in [2.45, 2.75) is 0 Å². The third-order valence-corrected chi connectivity index (χ3v) is 1.80. The number of carbonyl (C=O) groups is 1. The standard InChI is InChI=1S/C9H7NO3/c1-12-9(11)7-3-10-2-6-4-13-5-8(6)7/h2-5H,1H3. The number of aromatic nitrogens is 1. The summed E-state index contributed by atoms with van der Waals surface area (Å²) in [4.78, 5) is 15.1. The van der Waals surface area contributed by atoms with E-state index in [1.54, 1.807) is 6.20 Å². The summed E-state index contributed by atoms with van der Waals surface area (Å²) < 4.78 is 9.55. The maximum atomic E-state index is 11.2. The van der Waals surface area contributed by atoms with Crippen LogP contribution in [0.25, 0.3) is 10.8 Å². The molecule has 0 N–H and O–H groups in total. The number of ether oxygens (including phenoxy) is 1. The first-order valence-electron chi connectivity index (χ1n) is 3.71. The molecule has 0 aliphatic rings. The lowest BCUT2D eigenvalue weighted by Crippen LogP contribution is -2.01. The smallest absolute Gasteiger partial charge is 0.340 e. The van der Waals surface area contributed by atoms with E-state index in [9.17, 15) is 4.79 Å². The Hall–Kier alpha value is -1.84.